The Kier molecular flexibility index (Phi) is 4.53. The van der Waals surface area contributed by atoms with Crippen molar-refractivity contribution in [3.05, 3.63) is 53.2 Å². The zero-order chi connectivity index (χ0) is 13.7. The molecule has 1 heterocycles. The van der Waals surface area contributed by atoms with Gasteiger partial charge in [-0.3, -0.25) is 0 Å². The molecule has 0 aliphatic carbocycles. The van der Waals surface area contributed by atoms with Crippen molar-refractivity contribution < 1.29 is 4.74 Å². The van der Waals surface area contributed by atoms with Gasteiger partial charge in [0.25, 0.3) is 0 Å². The normalized spacial score (nSPS) is 10.5. The van der Waals surface area contributed by atoms with Gasteiger partial charge in [-0.05, 0) is 49.7 Å². The summed E-state index contributed by atoms with van der Waals surface area (Å²) in [5, 5.41) is 3.29. The molecular weight excluding hydrogens is 236 g/mol. The van der Waals surface area contributed by atoms with Crippen LogP contribution in [0.4, 0.5) is 0 Å². The van der Waals surface area contributed by atoms with Crippen LogP contribution < -0.4 is 10.1 Å². The highest BCUT2D eigenvalue weighted by atomic mass is 16.5. The third-order valence-corrected chi connectivity index (χ3v) is 2.83. The molecule has 0 fully saturated rings. The van der Waals surface area contributed by atoms with Crippen LogP contribution in [0.15, 0.2) is 36.5 Å². The van der Waals surface area contributed by atoms with Gasteiger partial charge < -0.3 is 10.1 Å². The summed E-state index contributed by atoms with van der Waals surface area (Å²) in [4.78, 5) is 4.32. The van der Waals surface area contributed by atoms with Gasteiger partial charge in [0.2, 0.25) is 5.88 Å². The predicted molar refractivity (Wildman–Crippen MR) is 77.6 cm³/mol. The Morgan fingerprint density at radius 2 is 1.89 bits per heavy atom. The molecule has 2 aromatic rings. The van der Waals surface area contributed by atoms with Gasteiger partial charge in [-0.25, -0.2) is 4.98 Å². The lowest BCUT2D eigenvalue weighted by molar-refractivity contribution is 0.452. The van der Waals surface area contributed by atoms with Crippen molar-refractivity contribution in [3.8, 4) is 11.6 Å². The minimum atomic E-state index is 0.674. The minimum Gasteiger partial charge on any atom is -0.439 e. The molecule has 0 aliphatic rings. The van der Waals surface area contributed by atoms with E-state index in [0.717, 1.165) is 24.4 Å². The fourth-order valence-corrected chi connectivity index (χ4v) is 2.01. The van der Waals surface area contributed by atoms with Crippen LogP contribution >= 0.6 is 0 Å². The van der Waals surface area contributed by atoms with Crippen LogP contribution in [0, 0.1) is 13.8 Å². The molecule has 2 rings (SSSR count). The standard InChI is InChI=1S/C16H20N2O/c1-4-17-11-14-6-5-7-18-16(14)19-15-9-12(2)8-13(3)10-15/h5-10,17H,4,11H2,1-3H3. The first-order valence-electron chi connectivity index (χ1n) is 6.60. The fraction of sp³-hybridized carbons (Fsp3) is 0.312. The van der Waals surface area contributed by atoms with Gasteiger partial charge in [0, 0.05) is 18.3 Å². The van der Waals surface area contributed by atoms with Crippen molar-refractivity contribution in [2.75, 3.05) is 6.54 Å². The van der Waals surface area contributed by atoms with Gasteiger partial charge in [0.15, 0.2) is 0 Å². The van der Waals surface area contributed by atoms with Gasteiger partial charge >= 0.3 is 0 Å². The number of hydrogen-bond acceptors (Lipinski definition) is 3. The van der Waals surface area contributed by atoms with E-state index >= 15 is 0 Å². The van der Waals surface area contributed by atoms with Crippen molar-refractivity contribution in [1.82, 2.24) is 10.3 Å². The van der Waals surface area contributed by atoms with Crippen molar-refractivity contribution in [2.45, 2.75) is 27.3 Å². The van der Waals surface area contributed by atoms with E-state index in [2.05, 4.69) is 37.1 Å². The minimum absolute atomic E-state index is 0.674. The summed E-state index contributed by atoms with van der Waals surface area (Å²) in [5.41, 5.74) is 3.46. The Balaban J connectivity index is 2.22. The van der Waals surface area contributed by atoms with E-state index in [1.165, 1.54) is 11.1 Å². The molecule has 0 amide bonds. The molecule has 0 atom stereocenters. The first-order chi connectivity index (χ1) is 9.19. The van der Waals surface area contributed by atoms with Gasteiger partial charge in [-0.1, -0.05) is 19.1 Å². The number of hydrogen-bond donors (Lipinski definition) is 1. The van der Waals surface area contributed by atoms with Crippen LogP contribution in [-0.2, 0) is 6.54 Å². The lowest BCUT2D eigenvalue weighted by Gasteiger charge is -2.11. The lowest BCUT2D eigenvalue weighted by Crippen LogP contribution is -2.12. The van der Waals surface area contributed by atoms with Gasteiger partial charge in [-0.15, -0.1) is 0 Å². The van der Waals surface area contributed by atoms with Gasteiger partial charge in [0.05, 0.1) is 0 Å². The molecule has 3 heteroatoms. The number of aryl methyl sites for hydroxylation is 2. The van der Waals surface area contributed by atoms with Crippen LogP contribution in [0.1, 0.15) is 23.6 Å². The number of nitrogens with one attached hydrogen (secondary N) is 1. The van der Waals surface area contributed by atoms with Crippen LogP contribution in [-0.4, -0.2) is 11.5 Å². The smallest absolute Gasteiger partial charge is 0.223 e. The maximum Gasteiger partial charge on any atom is 0.223 e. The number of ether oxygens (including phenoxy) is 1. The molecule has 0 radical (unpaired) electrons. The molecule has 0 bridgehead atoms. The summed E-state index contributed by atoms with van der Waals surface area (Å²) in [6.45, 7) is 7.92. The van der Waals surface area contributed by atoms with Crippen molar-refractivity contribution in [2.24, 2.45) is 0 Å². The topological polar surface area (TPSA) is 34.2 Å². The molecule has 100 valence electrons. The highest BCUT2D eigenvalue weighted by Crippen LogP contribution is 2.24. The molecule has 1 aromatic heterocycles. The second-order valence-corrected chi connectivity index (χ2v) is 4.67. The summed E-state index contributed by atoms with van der Waals surface area (Å²) in [6.07, 6.45) is 1.76. The molecular formula is C16H20N2O. The van der Waals surface area contributed by atoms with Crippen molar-refractivity contribution in [1.29, 1.82) is 0 Å². The number of aromatic nitrogens is 1. The highest BCUT2D eigenvalue weighted by Gasteiger charge is 2.06. The van der Waals surface area contributed by atoms with Crippen LogP contribution in [0.5, 0.6) is 11.6 Å². The van der Waals surface area contributed by atoms with Crippen molar-refractivity contribution >= 4 is 0 Å². The Labute approximate surface area is 114 Å². The Hall–Kier alpha value is -1.87. The summed E-state index contributed by atoms with van der Waals surface area (Å²) < 4.78 is 5.92. The van der Waals surface area contributed by atoms with E-state index < -0.39 is 0 Å². The van der Waals surface area contributed by atoms with Crippen LogP contribution in [0.2, 0.25) is 0 Å². The molecule has 1 N–H and O–H groups in total. The molecule has 1 aromatic carbocycles. The lowest BCUT2D eigenvalue weighted by atomic mass is 10.1. The average molecular weight is 256 g/mol. The fourth-order valence-electron chi connectivity index (χ4n) is 2.01. The van der Waals surface area contributed by atoms with Crippen LogP contribution in [0.3, 0.4) is 0 Å². The summed E-state index contributed by atoms with van der Waals surface area (Å²) >= 11 is 0. The molecule has 0 unspecified atom stereocenters. The largest absolute Gasteiger partial charge is 0.439 e. The SMILES string of the molecule is CCNCc1cccnc1Oc1cc(C)cc(C)c1. The monoisotopic (exact) mass is 256 g/mol. The summed E-state index contributed by atoms with van der Waals surface area (Å²) in [5.74, 6) is 1.52. The average Bonchev–Trinajstić information content (AvgIpc) is 2.36. The Morgan fingerprint density at radius 1 is 1.16 bits per heavy atom. The Bertz CT molecular complexity index is 532. The first-order valence-corrected chi connectivity index (χ1v) is 6.60. The van der Waals surface area contributed by atoms with Gasteiger partial charge in [0.1, 0.15) is 5.75 Å². The third-order valence-electron chi connectivity index (χ3n) is 2.83. The molecule has 0 spiro atoms. The summed E-state index contributed by atoms with van der Waals surface area (Å²) in [6, 6.07) is 10.1. The van der Waals surface area contributed by atoms with E-state index in [-0.39, 0.29) is 0 Å². The van der Waals surface area contributed by atoms with Crippen LogP contribution in [0.25, 0.3) is 0 Å². The second kappa shape index (κ2) is 6.34. The molecule has 0 aliphatic heterocycles. The maximum absolute atomic E-state index is 5.92. The number of nitrogens with zero attached hydrogens (tertiary/aromatic N) is 1. The highest BCUT2D eigenvalue weighted by molar-refractivity contribution is 5.37. The van der Waals surface area contributed by atoms with Crippen molar-refractivity contribution in [3.63, 3.8) is 0 Å². The zero-order valence-electron chi connectivity index (χ0n) is 11.7. The molecule has 0 saturated carbocycles. The quantitative estimate of drug-likeness (QED) is 0.887. The van der Waals surface area contributed by atoms with E-state index in [0.29, 0.717) is 5.88 Å². The molecule has 19 heavy (non-hydrogen) atoms. The summed E-state index contributed by atoms with van der Waals surface area (Å²) in [7, 11) is 0. The zero-order valence-corrected chi connectivity index (χ0v) is 11.7. The first kappa shape index (κ1) is 13.6. The van der Waals surface area contributed by atoms with E-state index in [9.17, 15) is 0 Å². The third kappa shape index (κ3) is 3.80. The number of benzene rings is 1. The van der Waals surface area contributed by atoms with E-state index in [1.54, 1.807) is 6.20 Å². The number of rotatable bonds is 5. The number of pyridine rings is 1. The maximum atomic E-state index is 5.92. The predicted octanol–water partition coefficient (Wildman–Crippen LogP) is 3.60. The van der Waals surface area contributed by atoms with E-state index in [4.69, 9.17) is 4.74 Å². The Morgan fingerprint density at radius 3 is 2.58 bits per heavy atom. The molecule has 0 saturated heterocycles. The second-order valence-electron chi connectivity index (χ2n) is 4.67. The van der Waals surface area contributed by atoms with Gasteiger partial charge in [-0.2, -0.15) is 0 Å². The van der Waals surface area contributed by atoms with E-state index in [1.807, 2.05) is 24.3 Å². The molecule has 3 nitrogen and oxygen atoms in total.